The van der Waals surface area contributed by atoms with Gasteiger partial charge in [-0.3, -0.25) is 0 Å². The summed E-state index contributed by atoms with van der Waals surface area (Å²) >= 11 is 18.2. The van der Waals surface area contributed by atoms with Crippen LogP contribution in [0.3, 0.4) is 0 Å². The fraction of sp³-hybridized carbons (Fsp3) is 0.0667. The molecule has 1 unspecified atom stereocenters. The van der Waals surface area contributed by atoms with Crippen LogP contribution in [0.25, 0.3) is 0 Å². The number of carbonyl (C=O) groups excluding carboxylic acids is 1. The predicted octanol–water partition coefficient (Wildman–Crippen LogP) is 7.66. The lowest BCUT2D eigenvalue weighted by atomic mass is 9.83. The summed E-state index contributed by atoms with van der Waals surface area (Å²) in [4.78, 5) is 12.6. The molecular weight excluding hydrogens is 559 g/mol. The predicted molar refractivity (Wildman–Crippen MR) is 149 cm³/mol. The van der Waals surface area contributed by atoms with Crippen LogP contribution in [0.5, 0.6) is 17.2 Å². The van der Waals surface area contributed by atoms with Gasteiger partial charge in [0, 0.05) is 32.3 Å². The van der Waals surface area contributed by atoms with Crippen molar-refractivity contribution < 1.29 is 19.0 Å². The van der Waals surface area contributed by atoms with Crippen molar-refractivity contribution in [2.45, 2.75) is 12.5 Å². The maximum Gasteiger partial charge on any atom is 0.343 e. The first-order valence-electron chi connectivity index (χ1n) is 11.7. The average Bonchev–Trinajstić information content (AvgIpc) is 2.92. The summed E-state index contributed by atoms with van der Waals surface area (Å²) < 4.78 is 17.3. The van der Waals surface area contributed by atoms with Crippen molar-refractivity contribution in [1.29, 1.82) is 5.26 Å². The van der Waals surface area contributed by atoms with E-state index >= 15 is 0 Å². The van der Waals surface area contributed by atoms with Gasteiger partial charge in [0.25, 0.3) is 0 Å². The molecule has 4 aromatic carbocycles. The molecule has 0 fully saturated rings. The first-order chi connectivity index (χ1) is 18.8. The third kappa shape index (κ3) is 5.81. The molecule has 0 aromatic heterocycles. The van der Waals surface area contributed by atoms with Crippen LogP contribution >= 0.6 is 34.8 Å². The first-order valence-corrected chi connectivity index (χ1v) is 12.8. The van der Waals surface area contributed by atoms with Gasteiger partial charge in [0.15, 0.2) is 0 Å². The van der Waals surface area contributed by atoms with Crippen LogP contribution < -0.4 is 19.9 Å². The number of halogens is 3. The Hall–Kier alpha value is -4.15. The Morgan fingerprint density at radius 3 is 2.49 bits per heavy atom. The molecule has 2 N–H and O–H groups in total. The highest BCUT2D eigenvalue weighted by atomic mass is 35.5. The largest absolute Gasteiger partial charge is 0.489 e. The van der Waals surface area contributed by atoms with Crippen LogP contribution in [0.2, 0.25) is 15.1 Å². The molecule has 0 spiro atoms. The number of nitriles is 1. The molecular formula is C30H19Cl3N2O4. The molecule has 194 valence electrons. The van der Waals surface area contributed by atoms with E-state index in [9.17, 15) is 10.1 Å². The van der Waals surface area contributed by atoms with Crippen molar-refractivity contribution in [1.82, 2.24) is 0 Å². The fourth-order valence-corrected chi connectivity index (χ4v) is 4.86. The van der Waals surface area contributed by atoms with E-state index in [1.807, 2.05) is 24.3 Å². The number of nitrogens with two attached hydrogens (primary N) is 1. The summed E-state index contributed by atoms with van der Waals surface area (Å²) in [6, 6.07) is 26.1. The summed E-state index contributed by atoms with van der Waals surface area (Å²) in [7, 11) is 0. The van der Waals surface area contributed by atoms with E-state index in [1.54, 1.807) is 54.6 Å². The fourth-order valence-electron chi connectivity index (χ4n) is 4.21. The number of benzene rings is 4. The van der Waals surface area contributed by atoms with Crippen LogP contribution in [0.4, 0.5) is 0 Å². The molecule has 0 aliphatic carbocycles. The number of hydrogen-bond donors (Lipinski definition) is 1. The quantitative estimate of drug-likeness (QED) is 0.187. The molecule has 1 atom stereocenters. The van der Waals surface area contributed by atoms with Gasteiger partial charge in [-0.2, -0.15) is 5.26 Å². The number of allylic oxidation sites excluding steroid dienone is 1. The van der Waals surface area contributed by atoms with Crippen LogP contribution in [-0.2, 0) is 6.61 Å². The molecule has 39 heavy (non-hydrogen) atoms. The van der Waals surface area contributed by atoms with E-state index in [1.165, 1.54) is 6.07 Å². The lowest BCUT2D eigenvalue weighted by Crippen LogP contribution is -2.21. The second-order valence-corrected chi connectivity index (χ2v) is 9.90. The van der Waals surface area contributed by atoms with Crippen molar-refractivity contribution in [3.8, 4) is 23.3 Å². The SMILES string of the molecule is N#CC1=C(N)Oc2cc(OC(=O)c3cccc(Cl)c3)ccc2C1c1cccc(OCc2ccc(Cl)cc2Cl)c1. The minimum atomic E-state index is -0.573. The standard InChI is InChI=1S/C30H19Cl3N2O4/c31-20-5-1-4-18(11-20)30(36)38-23-9-10-24-27(14-23)39-29(35)25(15-34)28(24)17-3-2-6-22(12-17)37-16-19-7-8-21(32)13-26(19)33/h1-14,28H,16,35H2. The zero-order valence-corrected chi connectivity index (χ0v) is 22.4. The molecule has 9 heteroatoms. The van der Waals surface area contributed by atoms with Crippen LogP contribution in [0.1, 0.15) is 33.0 Å². The van der Waals surface area contributed by atoms with Gasteiger partial charge in [0.1, 0.15) is 35.5 Å². The Bertz CT molecular complexity index is 1660. The third-order valence-corrected chi connectivity index (χ3v) is 6.88. The third-order valence-electron chi connectivity index (χ3n) is 6.06. The lowest BCUT2D eigenvalue weighted by Gasteiger charge is -2.27. The molecule has 6 nitrogen and oxygen atoms in total. The number of fused-ring (bicyclic) bond motifs is 1. The van der Waals surface area contributed by atoms with E-state index in [0.717, 1.165) is 11.1 Å². The van der Waals surface area contributed by atoms with E-state index in [2.05, 4.69) is 6.07 Å². The molecule has 0 radical (unpaired) electrons. The van der Waals surface area contributed by atoms with Gasteiger partial charge in [0.2, 0.25) is 5.88 Å². The highest BCUT2D eigenvalue weighted by Crippen LogP contribution is 2.44. The zero-order valence-electron chi connectivity index (χ0n) is 20.2. The molecule has 0 bridgehead atoms. The molecule has 1 aliphatic heterocycles. The number of hydrogen-bond acceptors (Lipinski definition) is 6. The normalized spacial score (nSPS) is 14.2. The van der Waals surface area contributed by atoms with E-state index in [0.29, 0.717) is 37.7 Å². The number of esters is 1. The Balaban J connectivity index is 1.42. The lowest BCUT2D eigenvalue weighted by molar-refractivity contribution is 0.0734. The second-order valence-electron chi connectivity index (χ2n) is 8.62. The van der Waals surface area contributed by atoms with E-state index < -0.39 is 11.9 Å². The summed E-state index contributed by atoms with van der Waals surface area (Å²) in [5, 5.41) is 11.4. The number of rotatable bonds is 6. The van der Waals surface area contributed by atoms with Gasteiger partial charge in [0.05, 0.1) is 11.5 Å². The van der Waals surface area contributed by atoms with Crippen molar-refractivity contribution in [2.75, 3.05) is 0 Å². The van der Waals surface area contributed by atoms with Gasteiger partial charge < -0.3 is 19.9 Å². The highest BCUT2D eigenvalue weighted by Gasteiger charge is 2.31. The second kappa shape index (κ2) is 11.3. The topological polar surface area (TPSA) is 94.6 Å². The smallest absolute Gasteiger partial charge is 0.343 e. The van der Waals surface area contributed by atoms with E-state index in [-0.39, 0.29) is 23.8 Å². The average molecular weight is 578 g/mol. The maximum atomic E-state index is 12.6. The van der Waals surface area contributed by atoms with Crippen molar-refractivity contribution >= 4 is 40.8 Å². The summed E-state index contributed by atoms with van der Waals surface area (Å²) in [5.74, 6) is 0.0626. The molecule has 1 heterocycles. The van der Waals surface area contributed by atoms with Gasteiger partial charge in [-0.15, -0.1) is 0 Å². The summed E-state index contributed by atoms with van der Waals surface area (Å²) in [5.41, 5.74) is 8.94. The van der Waals surface area contributed by atoms with Gasteiger partial charge in [-0.05, 0) is 54.1 Å². The van der Waals surface area contributed by atoms with Gasteiger partial charge in [-0.1, -0.05) is 65.1 Å². The summed E-state index contributed by atoms with van der Waals surface area (Å²) in [6.45, 7) is 0.230. The van der Waals surface area contributed by atoms with Crippen molar-refractivity contribution in [2.24, 2.45) is 5.73 Å². The minimum Gasteiger partial charge on any atom is -0.489 e. The van der Waals surface area contributed by atoms with Crippen molar-refractivity contribution in [3.05, 3.63) is 134 Å². The molecule has 0 saturated carbocycles. The number of ether oxygens (including phenoxy) is 3. The van der Waals surface area contributed by atoms with Gasteiger partial charge >= 0.3 is 5.97 Å². The molecule has 0 saturated heterocycles. The molecule has 1 aliphatic rings. The van der Waals surface area contributed by atoms with Crippen molar-refractivity contribution in [3.63, 3.8) is 0 Å². The van der Waals surface area contributed by atoms with Crippen LogP contribution in [0, 0.1) is 11.3 Å². The monoisotopic (exact) mass is 576 g/mol. The Morgan fingerprint density at radius 2 is 1.72 bits per heavy atom. The van der Waals surface area contributed by atoms with Crippen LogP contribution in [-0.4, -0.2) is 5.97 Å². The van der Waals surface area contributed by atoms with Gasteiger partial charge in [-0.25, -0.2) is 4.79 Å². The highest BCUT2D eigenvalue weighted by molar-refractivity contribution is 6.35. The van der Waals surface area contributed by atoms with Crippen LogP contribution in [0.15, 0.2) is 96.4 Å². The number of carbonyl (C=O) groups is 1. The molecule has 5 rings (SSSR count). The Morgan fingerprint density at radius 1 is 0.923 bits per heavy atom. The Labute approximate surface area is 239 Å². The maximum absolute atomic E-state index is 12.6. The first kappa shape index (κ1) is 26.5. The summed E-state index contributed by atoms with van der Waals surface area (Å²) in [6.07, 6.45) is 0. The Kier molecular flexibility index (Phi) is 7.67. The van der Waals surface area contributed by atoms with E-state index in [4.69, 9.17) is 54.7 Å². The zero-order chi connectivity index (χ0) is 27.5. The molecule has 0 amide bonds. The molecule has 4 aromatic rings. The minimum absolute atomic E-state index is 0.0346. The number of nitrogens with zero attached hydrogens (tertiary/aromatic N) is 1.